The summed E-state index contributed by atoms with van der Waals surface area (Å²) >= 11 is 6.05. The largest absolute Gasteiger partial charge is 0.368 e. The molecule has 20 heavy (non-hydrogen) atoms. The summed E-state index contributed by atoms with van der Waals surface area (Å²) in [4.78, 5) is 8.78. The lowest BCUT2D eigenvalue weighted by Crippen LogP contribution is -2.18. The maximum atomic E-state index is 6.05. The Morgan fingerprint density at radius 3 is 2.65 bits per heavy atom. The van der Waals surface area contributed by atoms with Gasteiger partial charge in [0, 0.05) is 24.2 Å². The number of aryl methyl sites for hydroxylation is 1. The zero-order valence-electron chi connectivity index (χ0n) is 12.3. The molecule has 0 radical (unpaired) electrons. The molecule has 6 heteroatoms. The number of hydrogen-bond acceptors (Lipinski definition) is 4. The zero-order chi connectivity index (χ0) is 14.8. The van der Waals surface area contributed by atoms with Crippen LogP contribution in [0.15, 0.2) is 18.5 Å². The Balaban J connectivity index is 2.00. The van der Waals surface area contributed by atoms with Crippen LogP contribution >= 0.6 is 11.6 Å². The van der Waals surface area contributed by atoms with Crippen LogP contribution in [0, 0.1) is 6.92 Å². The topological polar surface area (TPSA) is 55.6 Å². The summed E-state index contributed by atoms with van der Waals surface area (Å²) in [5, 5.41) is 7.96. The van der Waals surface area contributed by atoms with Gasteiger partial charge in [-0.3, -0.25) is 4.68 Å². The summed E-state index contributed by atoms with van der Waals surface area (Å²) in [7, 11) is 0. The number of halogens is 1. The standard InChI is InChI=1S/C14H20ClN5/c1-10-8-17-20(9-10)6-5-16-12-7-11(15)18-13(19-12)14(2,3)4/h7-9H,5-6H2,1-4H3,(H,16,18,19). The molecule has 2 aromatic rings. The molecular weight excluding hydrogens is 274 g/mol. The first-order valence-electron chi connectivity index (χ1n) is 6.62. The monoisotopic (exact) mass is 293 g/mol. The van der Waals surface area contributed by atoms with Gasteiger partial charge in [0.15, 0.2) is 0 Å². The minimum atomic E-state index is -0.125. The molecule has 0 aromatic carbocycles. The van der Waals surface area contributed by atoms with Gasteiger partial charge in [0.2, 0.25) is 0 Å². The third-order valence-corrected chi connectivity index (χ3v) is 2.97. The van der Waals surface area contributed by atoms with Crippen molar-refractivity contribution >= 4 is 17.4 Å². The van der Waals surface area contributed by atoms with Crippen LogP contribution in [0.4, 0.5) is 5.82 Å². The summed E-state index contributed by atoms with van der Waals surface area (Å²) < 4.78 is 1.90. The first-order chi connectivity index (χ1) is 9.34. The van der Waals surface area contributed by atoms with Crippen molar-refractivity contribution in [3.63, 3.8) is 0 Å². The molecule has 108 valence electrons. The number of anilines is 1. The summed E-state index contributed by atoms with van der Waals surface area (Å²) in [5.74, 6) is 1.49. The molecule has 0 aliphatic heterocycles. The Morgan fingerprint density at radius 1 is 1.30 bits per heavy atom. The highest BCUT2D eigenvalue weighted by atomic mass is 35.5. The molecule has 0 bridgehead atoms. The van der Waals surface area contributed by atoms with E-state index in [1.54, 1.807) is 6.07 Å². The number of nitrogens with zero attached hydrogens (tertiary/aromatic N) is 4. The number of aromatic nitrogens is 4. The normalized spacial score (nSPS) is 11.7. The van der Waals surface area contributed by atoms with Gasteiger partial charge in [0.05, 0.1) is 12.7 Å². The average molecular weight is 294 g/mol. The third-order valence-electron chi connectivity index (χ3n) is 2.78. The van der Waals surface area contributed by atoms with Crippen molar-refractivity contribution in [1.29, 1.82) is 0 Å². The van der Waals surface area contributed by atoms with E-state index in [0.717, 1.165) is 30.3 Å². The fourth-order valence-electron chi connectivity index (χ4n) is 1.73. The second-order valence-electron chi connectivity index (χ2n) is 5.86. The molecule has 0 saturated carbocycles. The van der Waals surface area contributed by atoms with Crippen molar-refractivity contribution in [2.45, 2.75) is 39.7 Å². The highest BCUT2D eigenvalue weighted by molar-refractivity contribution is 6.29. The molecule has 2 aromatic heterocycles. The number of nitrogens with one attached hydrogen (secondary N) is 1. The highest BCUT2D eigenvalue weighted by Crippen LogP contribution is 2.22. The molecule has 2 heterocycles. The lowest BCUT2D eigenvalue weighted by Gasteiger charge is -2.17. The Bertz CT molecular complexity index is 585. The predicted octanol–water partition coefficient (Wildman–Crippen LogP) is 3.04. The van der Waals surface area contributed by atoms with Crippen molar-refractivity contribution in [2.75, 3.05) is 11.9 Å². The maximum Gasteiger partial charge on any atom is 0.137 e. The van der Waals surface area contributed by atoms with E-state index in [0.29, 0.717) is 5.15 Å². The Labute approximate surface area is 124 Å². The van der Waals surface area contributed by atoms with E-state index in [9.17, 15) is 0 Å². The fourth-order valence-corrected chi connectivity index (χ4v) is 1.91. The van der Waals surface area contributed by atoms with Gasteiger partial charge in [-0.25, -0.2) is 9.97 Å². The molecular formula is C14H20ClN5. The zero-order valence-corrected chi connectivity index (χ0v) is 13.1. The molecule has 0 saturated heterocycles. The van der Waals surface area contributed by atoms with Crippen LogP contribution in [0.2, 0.25) is 5.15 Å². The minimum absolute atomic E-state index is 0.125. The summed E-state index contributed by atoms with van der Waals surface area (Å²) in [6.45, 7) is 9.73. The lowest BCUT2D eigenvalue weighted by atomic mass is 9.96. The molecule has 2 rings (SSSR count). The first kappa shape index (κ1) is 14.8. The van der Waals surface area contributed by atoms with Gasteiger partial charge in [-0.05, 0) is 12.5 Å². The second kappa shape index (κ2) is 5.79. The number of hydrogen-bond donors (Lipinski definition) is 1. The van der Waals surface area contributed by atoms with Crippen molar-refractivity contribution in [3.8, 4) is 0 Å². The molecule has 5 nitrogen and oxygen atoms in total. The molecule has 1 N–H and O–H groups in total. The van der Waals surface area contributed by atoms with Gasteiger partial charge >= 0.3 is 0 Å². The quantitative estimate of drug-likeness (QED) is 0.880. The van der Waals surface area contributed by atoms with Gasteiger partial charge in [-0.2, -0.15) is 5.10 Å². The van der Waals surface area contributed by atoms with Gasteiger partial charge < -0.3 is 5.32 Å². The van der Waals surface area contributed by atoms with E-state index in [4.69, 9.17) is 11.6 Å². The van der Waals surface area contributed by atoms with Crippen molar-refractivity contribution < 1.29 is 0 Å². The average Bonchev–Trinajstić information content (AvgIpc) is 2.73. The van der Waals surface area contributed by atoms with Crippen LogP contribution in [0.5, 0.6) is 0 Å². The minimum Gasteiger partial charge on any atom is -0.368 e. The van der Waals surface area contributed by atoms with Crippen LogP contribution in [-0.4, -0.2) is 26.3 Å². The van der Waals surface area contributed by atoms with E-state index in [2.05, 4.69) is 41.2 Å². The van der Waals surface area contributed by atoms with E-state index >= 15 is 0 Å². The summed E-state index contributed by atoms with van der Waals surface area (Å²) in [6, 6.07) is 1.74. The Kier molecular flexibility index (Phi) is 4.28. The van der Waals surface area contributed by atoms with Gasteiger partial charge in [0.1, 0.15) is 16.8 Å². The van der Waals surface area contributed by atoms with Crippen LogP contribution < -0.4 is 5.32 Å². The SMILES string of the molecule is Cc1cnn(CCNc2cc(Cl)nc(C(C)(C)C)n2)c1. The Hall–Kier alpha value is -1.62. The van der Waals surface area contributed by atoms with Gasteiger partial charge in [0.25, 0.3) is 0 Å². The Morgan fingerprint density at radius 2 is 2.05 bits per heavy atom. The third kappa shape index (κ3) is 3.93. The molecule has 0 atom stereocenters. The second-order valence-corrected chi connectivity index (χ2v) is 6.24. The van der Waals surface area contributed by atoms with E-state index in [-0.39, 0.29) is 5.41 Å². The molecule has 0 amide bonds. The number of rotatable bonds is 4. The summed E-state index contributed by atoms with van der Waals surface area (Å²) in [6.07, 6.45) is 3.86. The predicted molar refractivity (Wildman–Crippen MR) is 81.2 cm³/mol. The molecule has 0 spiro atoms. The van der Waals surface area contributed by atoms with E-state index in [1.165, 1.54) is 0 Å². The first-order valence-corrected chi connectivity index (χ1v) is 7.00. The van der Waals surface area contributed by atoms with Crippen LogP contribution in [0.1, 0.15) is 32.2 Å². The smallest absolute Gasteiger partial charge is 0.137 e. The maximum absolute atomic E-state index is 6.05. The van der Waals surface area contributed by atoms with Crippen LogP contribution in [-0.2, 0) is 12.0 Å². The highest BCUT2D eigenvalue weighted by Gasteiger charge is 2.18. The van der Waals surface area contributed by atoms with Crippen molar-refractivity contribution in [2.24, 2.45) is 0 Å². The molecule has 0 aliphatic rings. The molecule has 0 unspecified atom stereocenters. The van der Waals surface area contributed by atoms with E-state index in [1.807, 2.05) is 24.0 Å². The summed E-state index contributed by atoms with van der Waals surface area (Å²) in [5.41, 5.74) is 1.03. The van der Waals surface area contributed by atoms with Gasteiger partial charge in [-0.15, -0.1) is 0 Å². The van der Waals surface area contributed by atoms with Crippen molar-refractivity contribution in [3.05, 3.63) is 35.0 Å². The molecule has 0 fully saturated rings. The van der Waals surface area contributed by atoms with Crippen LogP contribution in [0.25, 0.3) is 0 Å². The fraction of sp³-hybridized carbons (Fsp3) is 0.500. The molecule has 0 aliphatic carbocycles. The lowest BCUT2D eigenvalue weighted by molar-refractivity contribution is 0.545. The van der Waals surface area contributed by atoms with Crippen LogP contribution in [0.3, 0.4) is 0 Å². The van der Waals surface area contributed by atoms with E-state index < -0.39 is 0 Å². The van der Waals surface area contributed by atoms with Gasteiger partial charge in [-0.1, -0.05) is 32.4 Å². The van der Waals surface area contributed by atoms with Crippen molar-refractivity contribution in [1.82, 2.24) is 19.7 Å².